The molecule has 0 radical (unpaired) electrons. The molecule has 106 valence electrons. The van der Waals surface area contributed by atoms with Gasteiger partial charge >= 0.3 is 0 Å². The van der Waals surface area contributed by atoms with Gasteiger partial charge in [-0.2, -0.15) is 0 Å². The molecule has 1 aromatic carbocycles. The number of anilines is 2. The second-order valence-electron chi connectivity index (χ2n) is 4.36. The third-order valence-electron chi connectivity index (χ3n) is 2.79. The number of nitrogens with one attached hydrogen (secondary N) is 1. The topological polar surface area (TPSA) is 80.9 Å². The molecule has 0 atom stereocenters. The van der Waals surface area contributed by atoms with Gasteiger partial charge in [-0.15, -0.1) is 22.7 Å². The number of benzene rings is 1. The van der Waals surface area contributed by atoms with Crippen LogP contribution in [-0.2, 0) is 0 Å². The van der Waals surface area contributed by atoms with E-state index in [0.29, 0.717) is 16.5 Å². The fraction of sp³-hybridized carbons (Fsp3) is 0.0714. The molecule has 2 heterocycles. The van der Waals surface area contributed by atoms with Crippen molar-refractivity contribution in [1.82, 2.24) is 9.97 Å². The van der Waals surface area contributed by atoms with Gasteiger partial charge in [0.15, 0.2) is 5.13 Å². The van der Waals surface area contributed by atoms with E-state index in [4.69, 9.17) is 5.73 Å². The monoisotopic (exact) mass is 316 g/mol. The van der Waals surface area contributed by atoms with E-state index in [1.165, 1.54) is 11.3 Å². The third kappa shape index (κ3) is 3.09. The van der Waals surface area contributed by atoms with Crippen molar-refractivity contribution in [2.75, 3.05) is 11.1 Å². The summed E-state index contributed by atoms with van der Waals surface area (Å²) in [6, 6.07) is 7.57. The zero-order chi connectivity index (χ0) is 14.8. The van der Waals surface area contributed by atoms with Crippen molar-refractivity contribution < 1.29 is 4.79 Å². The molecule has 3 N–H and O–H groups in total. The Morgan fingerprint density at radius 2 is 2.10 bits per heavy atom. The molecule has 3 aromatic rings. The van der Waals surface area contributed by atoms with Crippen LogP contribution < -0.4 is 11.1 Å². The van der Waals surface area contributed by atoms with Gasteiger partial charge in [-0.05, 0) is 19.1 Å². The number of aromatic nitrogens is 2. The molecule has 0 spiro atoms. The average Bonchev–Trinajstić information content (AvgIpc) is 3.08. The number of nitrogen functional groups attached to an aromatic ring is 1. The SMILES string of the molecule is Cc1nc(-c2cccc(NC(=O)c3csc(N)n3)c2)cs1. The Bertz CT molecular complexity index is 794. The average molecular weight is 316 g/mol. The van der Waals surface area contributed by atoms with E-state index >= 15 is 0 Å². The highest BCUT2D eigenvalue weighted by molar-refractivity contribution is 7.13. The summed E-state index contributed by atoms with van der Waals surface area (Å²) in [6.45, 7) is 1.96. The van der Waals surface area contributed by atoms with Crippen molar-refractivity contribution in [1.29, 1.82) is 0 Å². The van der Waals surface area contributed by atoms with Gasteiger partial charge in [-0.3, -0.25) is 4.79 Å². The highest BCUT2D eigenvalue weighted by atomic mass is 32.1. The fourth-order valence-corrected chi connectivity index (χ4v) is 3.00. The number of hydrogen-bond acceptors (Lipinski definition) is 6. The van der Waals surface area contributed by atoms with Gasteiger partial charge in [-0.25, -0.2) is 9.97 Å². The zero-order valence-electron chi connectivity index (χ0n) is 11.2. The quantitative estimate of drug-likeness (QED) is 0.776. The number of thiazole rings is 2. The highest BCUT2D eigenvalue weighted by Gasteiger charge is 2.10. The predicted molar refractivity (Wildman–Crippen MR) is 86.8 cm³/mol. The first-order chi connectivity index (χ1) is 10.1. The number of nitrogens with zero attached hydrogens (tertiary/aromatic N) is 2. The minimum Gasteiger partial charge on any atom is -0.375 e. The molecule has 0 saturated carbocycles. The van der Waals surface area contributed by atoms with E-state index in [0.717, 1.165) is 16.3 Å². The standard InChI is InChI=1S/C14H12N4OS2/c1-8-16-11(6-20-8)9-3-2-4-10(5-9)17-13(19)12-7-21-14(15)18-12/h2-7H,1H3,(H2,15,18)(H,17,19). The Morgan fingerprint density at radius 1 is 1.24 bits per heavy atom. The summed E-state index contributed by atoms with van der Waals surface area (Å²) in [4.78, 5) is 20.4. The van der Waals surface area contributed by atoms with Crippen LogP contribution in [0, 0.1) is 6.92 Å². The van der Waals surface area contributed by atoms with Gasteiger partial charge in [0.1, 0.15) is 5.69 Å². The number of hydrogen-bond donors (Lipinski definition) is 2. The van der Waals surface area contributed by atoms with Crippen LogP contribution in [0.1, 0.15) is 15.5 Å². The van der Waals surface area contributed by atoms with Crippen molar-refractivity contribution in [2.24, 2.45) is 0 Å². The minimum absolute atomic E-state index is 0.269. The molecule has 0 aliphatic carbocycles. The van der Waals surface area contributed by atoms with E-state index in [9.17, 15) is 4.79 Å². The van der Waals surface area contributed by atoms with E-state index in [-0.39, 0.29) is 5.91 Å². The zero-order valence-corrected chi connectivity index (χ0v) is 12.8. The molecule has 7 heteroatoms. The predicted octanol–water partition coefficient (Wildman–Crippen LogP) is 3.41. The molecule has 0 aliphatic heterocycles. The number of carbonyl (C=O) groups is 1. The van der Waals surface area contributed by atoms with E-state index < -0.39 is 0 Å². The van der Waals surface area contributed by atoms with Crippen LogP contribution in [0.3, 0.4) is 0 Å². The van der Waals surface area contributed by atoms with Crippen LogP contribution in [0.2, 0.25) is 0 Å². The molecular weight excluding hydrogens is 304 g/mol. The lowest BCUT2D eigenvalue weighted by Gasteiger charge is -2.05. The largest absolute Gasteiger partial charge is 0.375 e. The highest BCUT2D eigenvalue weighted by Crippen LogP contribution is 2.24. The molecular formula is C14H12N4OS2. The van der Waals surface area contributed by atoms with Crippen LogP contribution in [0.5, 0.6) is 0 Å². The van der Waals surface area contributed by atoms with Gasteiger partial charge in [0.25, 0.3) is 5.91 Å². The van der Waals surface area contributed by atoms with Crippen LogP contribution >= 0.6 is 22.7 Å². The summed E-state index contributed by atoms with van der Waals surface area (Å²) < 4.78 is 0. The normalized spacial score (nSPS) is 10.5. The van der Waals surface area contributed by atoms with E-state index in [2.05, 4.69) is 15.3 Å². The van der Waals surface area contributed by atoms with Crippen LogP contribution in [-0.4, -0.2) is 15.9 Å². The number of amides is 1. The summed E-state index contributed by atoms with van der Waals surface area (Å²) in [5.41, 5.74) is 8.44. The number of carbonyl (C=O) groups excluding carboxylic acids is 1. The summed E-state index contributed by atoms with van der Waals surface area (Å²) in [5.74, 6) is -0.269. The van der Waals surface area contributed by atoms with Gasteiger partial charge in [0.05, 0.1) is 10.7 Å². The second-order valence-corrected chi connectivity index (χ2v) is 6.31. The van der Waals surface area contributed by atoms with Crippen molar-refractivity contribution in [3.8, 4) is 11.3 Å². The number of rotatable bonds is 3. The molecule has 3 rings (SSSR count). The molecule has 0 bridgehead atoms. The molecule has 0 fully saturated rings. The van der Waals surface area contributed by atoms with Crippen molar-refractivity contribution >= 4 is 39.4 Å². The number of nitrogens with two attached hydrogens (primary N) is 1. The Morgan fingerprint density at radius 3 is 2.76 bits per heavy atom. The summed E-state index contributed by atoms with van der Waals surface area (Å²) in [7, 11) is 0. The van der Waals surface area contributed by atoms with Crippen LogP contribution in [0.4, 0.5) is 10.8 Å². The third-order valence-corrected chi connectivity index (χ3v) is 4.24. The molecule has 0 saturated heterocycles. The summed E-state index contributed by atoms with van der Waals surface area (Å²) in [6.07, 6.45) is 0. The van der Waals surface area contributed by atoms with E-state index in [1.807, 2.05) is 36.6 Å². The first-order valence-electron chi connectivity index (χ1n) is 6.17. The molecule has 1 amide bonds. The Balaban J connectivity index is 1.82. The maximum atomic E-state index is 12.0. The lowest BCUT2D eigenvalue weighted by atomic mass is 10.1. The first kappa shape index (κ1) is 13.7. The van der Waals surface area contributed by atoms with Crippen LogP contribution in [0.25, 0.3) is 11.3 Å². The van der Waals surface area contributed by atoms with Crippen molar-refractivity contribution in [3.63, 3.8) is 0 Å². The first-order valence-corrected chi connectivity index (χ1v) is 7.92. The molecule has 5 nitrogen and oxygen atoms in total. The molecule has 0 aliphatic rings. The minimum atomic E-state index is -0.269. The van der Waals surface area contributed by atoms with Gasteiger partial charge in [-0.1, -0.05) is 12.1 Å². The van der Waals surface area contributed by atoms with Crippen molar-refractivity contribution in [3.05, 3.63) is 45.7 Å². The summed E-state index contributed by atoms with van der Waals surface area (Å²) >= 11 is 2.84. The Hall–Kier alpha value is -2.25. The lowest BCUT2D eigenvalue weighted by Crippen LogP contribution is -2.12. The van der Waals surface area contributed by atoms with Gasteiger partial charge in [0.2, 0.25) is 0 Å². The van der Waals surface area contributed by atoms with Gasteiger partial charge < -0.3 is 11.1 Å². The van der Waals surface area contributed by atoms with E-state index in [1.54, 1.807) is 16.7 Å². The maximum absolute atomic E-state index is 12.0. The fourth-order valence-electron chi connectivity index (χ4n) is 1.84. The smallest absolute Gasteiger partial charge is 0.275 e. The van der Waals surface area contributed by atoms with Crippen molar-refractivity contribution in [2.45, 2.75) is 6.92 Å². The maximum Gasteiger partial charge on any atom is 0.275 e. The lowest BCUT2D eigenvalue weighted by molar-refractivity contribution is 0.102. The summed E-state index contributed by atoms with van der Waals surface area (Å²) in [5, 5.41) is 7.84. The van der Waals surface area contributed by atoms with Gasteiger partial charge in [0, 0.05) is 22.0 Å². The molecule has 2 aromatic heterocycles. The Kier molecular flexibility index (Phi) is 3.68. The second kappa shape index (κ2) is 5.63. The Labute approximate surface area is 129 Å². The molecule has 21 heavy (non-hydrogen) atoms. The number of aryl methyl sites for hydroxylation is 1. The molecule has 0 unspecified atom stereocenters. The van der Waals surface area contributed by atoms with Crippen LogP contribution in [0.15, 0.2) is 35.0 Å².